The highest BCUT2D eigenvalue weighted by Gasteiger charge is 2.52. The molecule has 0 aliphatic carbocycles. The zero-order valence-electron chi connectivity index (χ0n) is 13.8. The third-order valence-electron chi connectivity index (χ3n) is 3.87. The van der Waals surface area contributed by atoms with Crippen LogP contribution in [0.15, 0.2) is 24.3 Å². The molecule has 1 heterocycles. The van der Waals surface area contributed by atoms with Gasteiger partial charge in [0.05, 0.1) is 6.04 Å². The van der Waals surface area contributed by atoms with Gasteiger partial charge in [0, 0.05) is 11.1 Å². The number of nitrogens with zero attached hydrogens (tertiary/aromatic N) is 1. The monoisotopic (exact) mass is 309 g/mol. The van der Waals surface area contributed by atoms with Crippen LogP contribution in [0.3, 0.4) is 0 Å². The standard InChI is InChI=1S/C17H24FNO3/c1-16(2,3)22-15(21)19-13(10-17(19,4)5)14(20)11-8-6-7-9-12(11)18/h6-9,13-14,20H,10H2,1-5H3/t13-,14?/m0/s1. The van der Waals surface area contributed by atoms with Gasteiger partial charge in [-0.25, -0.2) is 9.18 Å². The van der Waals surface area contributed by atoms with Gasteiger partial charge in [0.1, 0.15) is 17.5 Å². The number of likely N-dealkylation sites (tertiary alicyclic amines) is 1. The molecule has 2 atom stereocenters. The molecule has 1 fully saturated rings. The van der Waals surface area contributed by atoms with Crippen molar-refractivity contribution in [1.29, 1.82) is 0 Å². The molecule has 0 aromatic heterocycles. The van der Waals surface area contributed by atoms with Gasteiger partial charge >= 0.3 is 6.09 Å². The first-order valence-corrected chi connectivity index (χ1v) is 7.48. The highest BCUT2D eigenvalue weighted by Crippen LogP contribution is 2.43. The highest BCUT2D eigenvalue weighted by atomic mass is 19.1. The van der Waals surface area contributed by atoms with Crippen LogP contribution in [0.5, 0.6) is 0 Å². The first kappa shape index (κ1) is 16.7. The van der Waals surface area contributed by atoms with E-state index in [1.165, 1.54) is 11.0 Å². The normalized spacial score (nSPS) is 22.0. The Morgan fingerprint density at radius 3 is 2.50 bits per heavy atom. The van der Waals surface area contributed by atoms with Gasteiger partial charge in [-0.15, -0.1) is 0 Å². The van der Waals surface area contributed by atoms with Crippen LogP contribution in [0, 0.1) is 5.82 Å². The van der Waals surface area contributed by atoms with Crippen molar-refractivity contribution in [3.63, 3.8) is 0 Å². The summed E-state index contributed by atoms with van der Waals surface area (Å²) in [6.45, 7) is 9.18. The molecular formula is C17H24FNO3. The second kappa shape index (κ2) is 5.54. The second-order valence-corrected chi connectivity index (χ2v) is 7.40. The first-order valence-electron chi connectivity index (χ1n) is 7.48. The minimum Gasteiger partial charge on any atom is -0.444 e. The molecule has 0 saturated carbocycles. The molecule has 1 aromatic carbocycles. The first-order chi connectivity index (χ1) is 10.0. The maximum absolute atomic E-state index is 13.9. The van der Waals surface area contributed by atoms with Crippen molar-refractivity contribution in [2.24, 2.45) is 0 Å². The summed E-state index contributed by atoms with van der Waals surface area (Å²) < 4.78 is 19.3. The van der Waals surface area contributed by atoms with Crippen LogP contribution in [0.2, 0.25) is 0 Å². The predicted molar refractivity (Wildman–Crippen MR) is 81.9 cm³/mol. The van der Waals surface area contributed by atoms with Gasteiger partial charge in [0.2, 0.25) is 0 Å². The molecule has 0 radical (unpaired) electrons. The van der Waals surface area contributed by atoms with Crippen LogP contribution in [0.1, 0.15) is 52.7 Å². The summed E-state index contributed by atoms with van der Waals surface area (Å²) in [6.07, 6.45) is -0.965. The number of carbonyl (C=O) groups is 1. The van der Waals surface area contributed by atoms with Crippen LogP contribution < -0.4 is 0 Å². The SMILES string of the molecule is CC(C)(C)OC(=O)N1[C@H](C(O)c2ccccc2F)CC1(C)C. The van der Waals surface area contributed by atoms with E-state index in [0.29, 0.717) is 6.42 Å². The lowest BCUT2D eigenvalue weighted by atomic mass is 9.77. The van der Waals surface area contributed by atoms with Gasteiger partial charge < -0.3 is 9.84 Å². The number of benzene rings is 1. The Hall–Kier alpha value is -1.62. The summed E-state index contributed by atoms with van der Waals surface area (Å²) in [6, 6.07) is 5.60. The van der Waals surface area contributed by atoms with Gasteiger partial charge in [0.25, 0.3) is 0 Å². The lowest BCUT2D eigenvalue weighted by molar-refractivity contribution is -0.105. The summed E-state index contributed by atoms with van der Waals surface area (Å²) in [7, 11) is 0. The van der Waals surface area contributed by atoms with Gasteiger partial charge in [-0.1, -0.05) is 18.2 Å². The average molecular weight is 309 g/mol. The number of ether oxygens (including phenoxy) is 1. The largest absolute Gasteiger partial charge is 0.444 e. The molecule has 1 saturated heterocycles. The molecule has 1 N–H and O–H groups in total. The van der Waals surface area contributed by atoms with E-state index in [4.69, 9.17) is 4.74 Å². The topological polar surface area (TPSA) is 49.8 Å². The molecule has 5 heteroatoms. The Morgan fingerprint density at radius 1 is 1.41 bits per heavy atom. The molecular weight excluding hydrogens is 285 g/mol. The molecule has 1 aliphatic rings. The van der Waals surface area contributed by atoms with Crippen molar-refractivity contribution in [2.45, 2.75) is 64.3 Å². The molecule has 0 bridgehead atoms. The zero-order chi connectivity index (χ0) is 16.7. The Labute approximate surface area is 130 Å². The Morgan fingerprint density at radius 2 is 2.00 bits per heavy atom. The fourth-order valence-corrected chi connectivity index (χ4v) is 2.91. The quantitative estimate of drug-likeness (QED) is 0.907. The molecule has 1 amide bonds. The van der Waals surface area contributed by atoms with Gasteiger partial charge in [-0.05, 0) is 47.1 Å². The molecule has 22 heavy (non-hydrogen) atoms. The van der Waals surface area contributed by atoms with E-state index in [9.17, 15) is 14.3 Å². The Bertz CT molecular complexity index is 565. The molecule has 1 unspecified atom stereocenters. The third-order valence-corrected chi connectivity index (χ3v) is 3.87. The number of hydrogen-bond donors (Lipinski definition) is 1. The van der Waals surface area contributed by atoms with Crippen LogP contribution >= 0.6 is 0 Å². The maximum Gasteiger partial charge on any atom is 0.411 e. The number of aliphatic hydroxyl groups excluding tert-OH is 1. The molecule has 2 rings (SSSR count). The van der Waals surface area contributed by atoms with E-state index in [-0.39, 0.29) is 5.56 Å². The predicted octanol–water partition coefficient (Wildman–Crippen LogP) is 3.65. The Balaban J connectivity index is 2.21. The van der Waals surface area contributed by atoms with Crippen molar-refractivity contribution in [3.05, 3.63) is 35.6 Å². The summed E-state index contributed by atoms with van der Waals surface area (Å²) in [4.78, 5) is 13.9. The van der Waals surface area contributed by atoms with Crippen LogP contribution in [-0.4, -0.2) is 33.3 Å². The second-order valence-electron chi connectivity index (χ2n) is 7.40. The minimum atomic E-state index is -1.07. The van der Waals surface area contributed by atoms with Crippen molar-refractivity contribution >= 4 is 6.09 Å². The van der Waals surface area contributed by atoms with Crippen molar-refractivity contribution < 1.29 is 19.0 Å². The molecule has 0 spiro atoms. The van der Waals surface area contributed by atoms with E-state index in [1.54, 1.807) is 39.0 Å². The van der Waals surface area contributed by atoms with Crippen LogP contribution in [0.4, 0.5) is 9.18 Å². The number of aliphatic hydroxyl groups is 1. The molecule has 4 nitrogen and oxygen atoms in total. The van der Waals surface area contributed by atoms with Crippen LogP contribution in [0.25, 0.3) is 0 Å². The lowest BCUT2D eigenvalue weighted by Crippen LogP contribution is -2.67. The number of rotatable bonds is 2. The average Bonchev–Trinajstić information content (AvgIpc) is 2.33. The molecule has 1 aliphatic heterocycles. The van der Waals surface area contributed by atoms with Crippen molar-refractivity contribution in [3.8, 4) is 0 Å². The van der Waals surface area contributed by atoms with E-state index in [2.05, 4.69) is 0 Å². The van der Waals surface area contributed by atoms with Gasteiger partial charge in [0.15, 0.2) is 0 Å². The lowest BCUT2D eigenvalue weighted by Gasteiger charge is -2.56. The number of hydrogen-bond acceptors (Lipinski definition) is 3. The maximum atomic E-state index is 13.9. The molecule has 1 aromatic rings. The Kier molecular flexibility index (Phi) is 4.22. The fraction of sp³-hybridized carbons (Fsp3) is 0.588. The summed E-state index contributed by atoms with van der Waals surface area (Å²) >= 11 is 0. The summed E-state index contributed by atoms with van der Waals surface area (Å²) in [5, 5.41) is 10.5. The van der Waals surface area contributed by atoms with Crippen LogP contribution in [-0.2, 0) is 4.74 Å². The number of halogens is 1. The minimum absolute atomic E-state index is 0.205. The number of carbonyl (C=O) groups excluding carboxylic acids is 1. The van der Waals surface area contributed by atoms with Crippen molar-refractivity contribution in [2.75, 3.05) is 0 Å². The zero-order valence-corrected chi connectivity index (χ0v) is 13.8. The van der Waals surface area contributed by atoms with Gasteiger partial charge in [-0.3, -0.25) is 4.90 Å². The summed E-state index contributed by atoms with van der Waals surface area (Å²) in [5.41, 5.74) is -0.827. The number of amides is 1. The molecule has 122 valence electrons. The van der Waals surface area contributed by atoms with E-state index in [0.717, 1.165) is 0 Å². The van der Waals surface area contributed by atoms with Gasteiger partial charge in [-0.2, -0.15) is 0 Å². The third kappa shape index (κ3) is 3.24. The van der Waals surface area contributed by atoms with E-state index in [1.807, 2.05) is 13.8 Å². The smallest absolute Gasteiger partial charge is 0.411 e. The fourth-order valence-electron chi connectivity index (χ4n) is 2.91. The highest BCUT2D eigenvalue weighted by molar-refractivity contribution is 5.71. The van der Waals surface area contributed by atoms with Crippen molar-refractivity contribution in [1.82, 2.24) is 4.90 Å². The summed E-state index contributed by atoms with van der Waals surface area (Å²) in [5.74, 6) is -0.469. The van der Waals surface area contributed by atoms with E-state index < -0.39 is 35.2 Å². The van der Waals surface area contributed by atoms with E-state index >= 15 is 0 Å².